The molecule has 3 aromatic carbocycles. The lowest BCUT2D eigenvalue weighted by molar-refractivity contribution is 1.18. The summed E-state index contributed by atoms with van der Waals surface area (Å²) in [4.78, 5) is 0. The van der Waals surface area contributed by atoms with Gasteiger partial charge in [-0.05, 0) is 36.4 Å². The quantitative estimate of drug-likeness (QED) is 0.462. The van der Waals surface area contributed by atoms with Crippen molar-refractivity contribution in [2.24, 2.45) is 0 Å². The van der Waals surface area contributed by atoms with Crippen LogP contribution in [0.4, 0.5) is 0 Å². The topological polar surface area (TPSA) is 4.93 Å². The second-order valence-electron chi connectivity index (χ2n) is 5.11. The van der Waals surface area contributed by atoms with E-state index in [2.05, 4.69) is 34.9 Å². The largest absolute Gasteiger partial charge is 0.309 e. The van der Waals surface area contributed by atoms with Crippen molar-refractivity contribution in [3.05, 3.63) is 71.8 Å². The first-order valence-corrected chi connectivity index (χ1v) is 7.16. The SMILES string of the molecule is [B]c1ccc(-n2c3ccccc3c3cc(Cl)ccc32)cc1. The minimum absolute atomic E-state index is 0.753. The molecule has 0 amide bonds. The van der Waals surface area contributed by atoms with E-state index in [4.69, 9.17) is 19.4 Å². The molecule has 2 radical (unpaired) electrons. The van der Waals surface area contributed by atoms with E-state index in [0.29, 0.717) is 0 Å². The summed E-state index contributed by atoms with van der Waals surface area (Å²) < 4.78 is 2.24. The van der Waals surface area contributed by atoms with E-state index >= 15 is 0 Å². The predicted octanol–water partition coefficient (Wildman–Crippen LogP) is 4.23. The first-order chi connectivity index (χ1) is 10.2. The second kappa shape index (κ2) is 4.68. The predicted molar refractivity (Wildman–Crippen MR) is 91.2 cm³/mol. The molecule has 21 heavy (non-hydrogen) atoms. The van der Waals surface area contributed by atoms with E-state index in [0.717, 1.165) is 27.1 Å². The van der Waals surface area contributed by atoms with Crippen LogP contribution in [0.5, 0.6) is 0 Å². The Labute approximate surface area is 129 Å². The molecule has 0 atom stereocenters. The molecule has 4 rings (SSSR count). The zero-order valence-corrected chi connectivity index (χ0v) is 12.0. The molecule has 0 fully saturated rings. The van der Waals surface area contributed by atoms with Crippen LogP contribution in [0.1, 0.15) is 0 Å². The number of nitrogens with zero attached hydrogens (tertiary/aromatic N) is 1. The lowest BCUT2D eigenvalue weighted by atomic mass is 9.96. The maximum atomic E-state index is 6.17. The average Bonchev–Trinajstić information content (AvgIpc) is 2.82. The normalized spacial score (nSPS) is 11.3. The third kappa shape index (κ3) is 1.95. The van der Waals surface area contributed by atoms with Crippen LogP contribution < -0.4 is 5.46 Å². The lowest BCUT2D eigenvalue weighted by Crippen LogP contribution is -2.02. The highest BCUT2D eigenvalue weighted by atomic mass is 35.5. The molecule has 0 aliphatic carbocycles. The van der Waals surface area contributed by atoms with Crippen molar-refractivity contribution in [2.75, 3.05) is 0 Å². The molecule has 1 heterocycles. The molecule has 0 saturated heterocycles. The average molecular weight is 288 g/mol. The Kier molecular flexibility index (Phi) is 2.79. The van der Waals surface area contributed by atoms with E-state index in [9.17, 15) is 0 Å². The standard InChI is InChI=1S/C18H11BClN/c19-12-5-8-14(9-6-12)21-17-4-2-1-3-15(17)16-11-13(20)7-10-18(16)21/h1-11H. The number of fused-ring (bicyclic) bond motifs is 3. The highest BCUT2D eigenvalue weighted by molar-refractivity contribution is 6.32. The molecule has 98 valence electrons. The number of rotatable bonds is 1. The van der Waals surface area contributed by atoms with Crippen molar-refractivity contribution in [1.82, 2.24) is 4.57 Å². The highest BCUT2D eigenvalue weighted by Gasteiger charge is 2.11. The summed E-state index contributed by atoms with van der Waals surface area (Å²) in [5.41, 5.74) is 4.17. The number of halogens is 1. The van der Waals surface area contributed by atoms with Crippen molar-refractivity contribution in [3.8, 4) is 5.69 Å². The van der Waals surface area contributed by atoms with E-state index in [-0.39, 0.29) is 0 Å². The van der Waals surface area contributed by atoms with Gasteiger partial charge < -0.3 is 4.57 Å². The molecule has 0 unspecified atom stereocenters. The molecular weight excluding hydrogens is 276 g/mol. The van der Waals surface area contributed by atoms with E-state index in [1.165, 1.54) is 10.9 Å². The van der Waals surface area contributed by atoms with E-state index in [1.807, 2.05) is 36.4 Å². The van der Waals surface area contributed by atoms with Crippen molar-refractivity contribution in [1.29, 1.82) is 0 Å². The van der Waals surface area contributed by atoms with Crippen LogP contribution in [0, 0.1) is 0 Å². The van der Waals surface area contributed by atoms with Gasteiger partial charge in [0.2, 0.25) is 0 Å². The Morgan fingerprint density at radius 3 is 2.29 bits per heavy atom. The summed E-state index contributed by atoms with van der Waals surface area (Å²) in [6.07, 6.45) is 0. The van der Waals surface area contributed by atoms with Crippen molar-refractivity contribution in [2.45, 2.75) is 0 Å². The Morgan fingerprint density at radius 1 is 0.762 bits per heavy atom. The van der Waals surface area contributed by atoms with Crippen LogP contribution in [-0.4, -0.2) is 12.4 Å². The molecule has 4 aromatic rings. The van der Waals surface area contributed by atoms with Crippen molar-refractivity contribution in [3.63, 3.8) is 0 Å². The highest BCUT2D eigenvalue weighted by Crippen LogP contribution is 2.33. The van der Waals surface area contributed by atoms with Gasteiger partial charge in [0, 0.05) is 21.5 Å². The minimum Gasteiger partial charge on any atom is -0.309 e. The van der Waals surface area contributed by atoms with Gasteiger partial charge >= 0.3 is 0 Å². The van der Waals surface area contributed by atoms with Crippen molar-refractivity contribution >= 4 is 46.7 Å². The number of aromatic nitrogens is 1. The van der Waals surface area contributed by atoms with Crippen LogP contribution in [0.2, 0.25) is 5.02 Å². The van der Waals surface area contributed by atoms with Gasteiger partial charge in [0.1, 0.15) is 7.85 Å². The second-order valence-corrected chi connectivity index (χ2v) is 5.54. The molecule has 0 N–H and O–H groups in total. The van der Waals surface area contributed by atoms with Crippen LogP contribution in [0.15, 0.2) is 66.7 Å². The van der Waals surface area contributed by atoms with Crippen molar-refractivity contribution < 1.29 is 0 Å². The van der Waals surface area contributed by atoms with Crippen LogP contribution in [0.3, 0.4) is 0 Å². The fourth-order valence-corrected chi connectivity index (χ4v) is 3.02. The molecule has 0 spiro atoms. The summed E-state index contributed by atoms with van der Waals surface area (Å²) in [5, 5.41) is 3.12. The Balaban J connectivity index is 2.17. The summed E-state index contributed by atoms with van der Waals surface area (Å²) in [6, 6.07) is 22.3. The molecule has 3 heteroatoms. The van der Waals surface area contributed by atoms with Gasteiger partial charge in [0.05, 0.1) is 11.0 Å². The first kappa shape index (κ1) is 12.5. The minimum atomic E-state index is 0.753. The molecular formula is C18H11BClN. The Morgan fingerprint density at radius 2 is 1.48 bits per heavy atom. The smallest absolute Gasteiger partial charge is 0.113 e. The van der Waals surface area contributed by atoms with Crippen LogP contribution >= 0.6 is 11.6 Å². The van der Waals surface area contributed by atoms with E-state index in [1.54, 1.807) is 0 Å². The fourth-order valence-electron chi connectivity index (χ4n) is 2.85. The number of hydrogen-bond acceptors (Lipinski definition) is 0. The summed E-state index contributed by atoms with van der Waals surface area (Å²) in [5.74, 6) is 0. The van der Waals surface area contributed by atoms with Gasteiger partial charge in [-0.15, -0.1) is 0 Å². The number of benzene rings is 3. The van der Waals surface area contributed by atoms with Gasteiger partial charge in [-0.1, -0.05) is 47.4 Å². The Hall–Kier alpha value is -2.19. The van der Waals surface area contributed by atoms with Gasteiger partial charge in [0.15, 0.2) is 0 Å². The molecule has 0 bridgehead atoms. The number of hydrogen-bond donors (Lipinski definition) is 0. The van der Waals surface area contributed by atoms with Crippen LogP contribution in [-0.2, 0) is 0 Å². The van der Waals surface area contributed by atoms with E-state index < -0.39 is 0 Å². The first-order valence-electron chi connectivity index (χ1n) is 6.79. The number of para-hydroxylation sites is 1. The van der Waals surface area contributed by atoms with Gasteiger partial charge in [0.25, 0.3) is 0 Å². The third-order valence-corrected chi connectivity index (χ3v) is 4.02. The molecule has 0 aliphatic rings. The zero-order chi connectivity index (χ0) is 14.4. The molecule has 1 nitrogen and oxygen atoms in total. The maximum absolute atomic E-state index is 6.17. The molecule has 0 saturated carbocycles. The summed E-state index contributed by atoms with van der Waals surface area (Å²) in [6.45, 7) is 0. The molecule has 1 aromatic heterocycles. The third-order valence-electron chi connectivity index (χ3n) is 3.79. The molecule has 0 aliphatic heterocycles. The summed E-state index contributed by atoms with van der Waals surface area (Å²) >= 11 is 6.17. The van der Waals surface area contributed by atoms with Crippen LogP contribution in [0.25, 0.3) is 27.5 Å². The Bertz CT molecular complexity index is 954. The summed E-state index contributed by atoms with van der Waals surface area (Å²) in [7, 11) is 5.80. The monoisotopic (exact) mass is 287 g/mol. The van der Waals surface area contributed by atoms with Gasteiger partial charge in [-0.2, -0.15) is 0 Å². The maximum Gasteiger partial charge on any atom is 0.113 e. The van der Waals surface area contributed by atoms with Gasteiger partial charge in [-0.3, -0.25) is 0 Å². The van der Waals surface area contributed by atoms with Gasteiger partial charge in [-0.25, -0.2) is 0 Å². The zero-order valence-electron chi connectivity index (χ0n) is 11.3. The fraction of sp³-hybridized carbons (Fsp3) is 0. The lowest BCUT2D eigenvalue weighted by Gasteiger charge is -2.08.